The minimum absolute atomic E-state index is 0.191. The first-order chi connectivity index (χ1) is 15.2. The lowest BCUT2D eigenvalue weighted by molar-refractivity contribution is 0.0675. The van der Waals surface area contributed by atoms with Gasteiger partial charge in [0.15, 0.2) is 0 Å². The molecule has 0 aromatic rings. The molecule has 0 radical (unpaired) electrons. The van der Waals surface area contributed by atoms with Crippen LogP contribution in [0.1, 0.15) is 46.5 Å². The molecule has 0 bridgehead atoms. The quantitative estimate of drug-likeness (QED) is 0.384. The highest BCUT2D eigenvalue weighted by Crippen LogP contribution is 2.32. The Morgan fingerprint density at radius 1 is 1.13 bits per heavy atom. The summed E-state index contributed by atoms with van der Waals surface area (Å²) in [5.74, 6) is 0.373. The van der Waals surface area contributed by atoms with E-state index in [-0.39, 0.29) is 6.10 Å². The van der Waals surface area contributed by atoms with Crippen LogP contribution in [-0.2, 0) is 4.74 Å². The summed E-state index contributed by atoms with van der Waals surface area (Å²) in [4.78, 5) is 2.41. The number of ether oxygens (including phenoxy) is 1. The molecule has 31 heavy (non-hydrogen) atoms. The van der Waals surface area contributed by atoms with Gasteiger partial charge in [0.25, 0.3) is 0 Å². The second-order valence-electron chi connectivity index (χ2n) is 8.45. The number of likely N-dealkylation sites (N-methyl/N-ethyl adjacent to an activating group) is 1. The Bertz CT molecular complexity index is 827. The molecule has 0 N–H and O–H groups in total. The summed E-state index contributed by atoms with van der Waals surface area (Å²) in [6, 6.07) is 0. The van der Waals surface area contributed by atoms with Crippen LogP contribution in [0.2, 0.25) is 0 Å². The summed E-state index contributed by atoms with van der Waals surface area (Å²) in [7, 11) is 0. The molecule has 3 rings (SSSR count). The summed E-state index contributed by atoms with van der Waals surface area (Å²) < 4.78 is 6.14. The molecule has 2 atom stereocenters. The Kier molecular flexibility index (Phi) is 9.58. The third-order valence-corrected chi connectivity index (χ3v) is 6.31. The van der Waals surface area contributed by atoms with Crippen molar-refractivity contribution in [3.8, 4) is 0 Å². The van der Waals surface area contributed by atoms with E-state index in [9.17, 15) is 0 Å². The minimum atomic E-state index is 0.191. The van der Waals surface area contributed by atoms with Gasteiger partial charge in [0.05, 0.1) is 12.7 Å². The minimum Gasteiger partial charge on any atom is -0.372 e. The maximum absolute atomic E-state index is 6.14. The fraction of sp³-hybridized carbons (Fsp3) is 0.448. The van der Waals surface area contributed by atoms with Crippen molar-refractivity contribution in [3.63, 3.8) is 0 Å². The van der Waals surface area contributed by atoms with Gasteiger partial charge < -0.3 is 9.64 Å². The molecule has 0 spiro atoms. The zero-order valence-corrected chi connectivity index (χ0v) is 19.6. The molecular weight excluding hydrogens is 378 g/mol. The molecule has 0 saturated carbocycles. The molecule has 0 amide bonds. The van der Waals surface area contributed by atoms with E-state index >= 15 is 0 Å². The van der Waals surface area contributed by atoms with Gasteiger partial charge in [-0.3, -0.25) is 0 Å². The normalized spacial score (nSPS) is 22.3. The maximum Gasteiger partial charge on any atom is 0.0794 e. The number of nitrogens with zero attached hydrogens (tertiary/aromatic N) is 1. The molecule has 0 aliphatic heterocycles. The van der Waals surface area contributed by atoms with Crippen LogP contribution < -0.4 is 0 Å². The summed E-state index contributed by atoms with van der Waals surface area (Å²) in [6.07, 6.45) is 31.7. The second-order valence-corrected chi connectivity index (χ2v) is 8.45. The molecule has 3 aliphatic carbocycles. The average molecular weight is 418 g/mol. The van der Waals surface area contributed by atoms with Gasteiger partial charge in [-0.15, -0.1) is 0 Å². The smallest absolute Gasteiger partial charge is 0.0794 e. The van der Waals surface area contributed by atoms with Gasteiger partial charge in [0.2, 0.25) is 0 Å². The Balaban J connectivity index is 1.71. The van der Waals surface area contributed by atoms with Crippen LogP contribution in [-0.4, -0.2) is 37.2 Å². The lowest BCUT2D eigenvalue weighted by Crippen LogP contribution is -2.28. The van der Waals surface area contributed by atoms with Crippen molar-refractivity contribution in [3.05, 3.63) is 95.2 Å². The van der Waals surface area contributed by atoms with Crippen molar-refractivity contribution in [2.45, 2.75) is 52.6 Å². The van der Waals surface area contributed by atoms with Crippen molar-refractivity contribution in [1.82, 2.24) is 4.90 Å². The fourth-order valence-electron chi connectivity index (χ4n) is 4.26. The van der Waals surface area contributed by atoms with Crippen LogP contribution in [0.25, 0.3) is 0 Å². The van der Waals surface area contributed by atoms with Gasteiger partial charge >= 0.3 is 0 Å². The molecule has 3 aliphatic rings. The largest absolute Gasteiger partial charge is 0.372 e. The summed E-state index contributed by atoms with van der Waals surface area (Å²) >= 11 is 0. The molecule has 0 saturated heterocycles. The third-order valence-electron chi connectivity index (χ3n) is 6.31. The number of allylic oxidation sites excluding steroid dienone is 14. The predicted molar refractivity (Wildman–Crippen MR) is 134 cm³/mol. The van der Waals surface area contributed by atoms with Crippen LogP contribution in [0.3, 0.4) is 0 Å². The highest BCUT2D eigenvalue weighted by Gasteiger charge is 2.17. The van der Waals surface area contributed by atoms with Gasteiger partial charge in [-0.25, -0.2) is 0 Å². The Hall–Kier alpha value is -2.16. The first-order valence-electron chi connectivity index (χ1n) is 12.0. The highest BCUT2D eigenvalue weighted by atomic mass is 16.5. The van der Waals surface area contributed by atoms with Gasteiger partial charge in [-0.05, 0) is 67.0 Å². The van der Waals surface area contributed by atoms with Crippen molar-refractivity contribution < 1.29 is 4.74 Å². The Labute approximate surface area is 189 Å². The Morgan fingerprint density at radius 2 is 1.97 bits per heavy atom. The van der Waals surface area contributed by atoms with Gasteiger partial charge in [-0.1, -0.05) is 93.7 Å². The van der Waals surface area contributed by atoms with Crippen LogP contribution in [0.15, 0.2) is 95.2 Å². The topological polar surface area (TPSA) is 12.5 Å². The molecule has 2 nitrogen and oxygen atoms in total. The second kappa shape index (κ2) is 12.6. The maximum atomic E-state index is 6.14. The lowest BCUT2D eigenvalue weighted by atomic mass is 9.85. The highest BCUT2D eigenvalue weighted by molar-refractivity contribution is 5.55. The van der Waals surface area contributed by atoms with Crippen molar-refractivity contribution >= 4 is 0 Å². The van der Waals surface area contributed by atoms with Crippen LogP contribution in [0.4, 0.5) is 0 Å². The summed E-state index contributed by atoms with van der Waals surface area (Å²) in [6.45, 7) is 10.7. The zero-order valence-electron chi connectivity index (χ0n) is 19.6. The zero-order chi connectivity index (χ0) is 21.9. The van der Waals surface area contributed by atoms with Crippen LogP contribution in [0, 0.1) is 5.92 Å². The predicted octanol–water partition coefficient (Wildman–Crippen LogP) is 6.88. The molecule has 0 aromatic heterocycles. The number of hydrogen-bond donors (Lipinski definition) is 0. The monoisotopic (exact) mass is 417 g/mol. The molecule has 166 valence electrons. The van der Waals surface area contributed by atoms with E-state index in [0.29, 0.717) is 5.92 Å². The van der Waals surface area contributed by atoms with Gasteiger partial charge in [-0.2, -0.15) is 0 Å². The van der Waals surface area contributed by atoms with E-state index in [0.717, 1.165) is 51.9 Å². The summed E-state index contributed by atoms with van der Waals surface area (Å²) in [5.41, 5.74) is 5.54. The molecule has 1 unspecified atom stereocenters. The third kappa shape index (κ3) is 7.19. The SMILES string of the molecule is CCN(CC)CCO[C@H]1C=CC(/C(=C\C(C)C2=CC=CCC=C2)C2=CC=CCC2)=CC1. The van der Waals surface area contributed by atoms with E-state index in [2.05, 4.69) is 98.6 Å². The van der Waals surface area contributed by atoms with Gasteiger partial charge in [0, 0.05) is 6.54 Å². The van der Waals surface area contributed by atoms with Crippen LogP contribution in [0.5, 0.6) is 0 Å². The van der Waals surface area contributed by atoms with E-state index in [1.165, 1.54) is 22.3 Å². The average Bonchev–Trinajstić information content (AvgIpc) is 3.11. The first kappa shape index (κ1) is 23.5. The van der Waals surface area contributed by atoms with Crippen molar-refractivity contribution in [2.24, 2.45) is 5.92 Å². The lowest BCUT2D eigenvalue weighted by Gasteiger charge is -2.23. The molecule has 0 fully saturated rings. The molecular formula is C29H39NO. The van der Waals surface area contributed by atoms with E-state index in [1.54, 1.807) is 0 Å². The van der Waals surface area contributed by atoms with Crippen molar-refractivity contribution in [1.29, 1.82) is 0 Å². The van der Waals surface area contributed by atoms with E-state index in [1.807, 2.05) is 0 Å². The van der Waals surface area contributed by atoms with Crippen molar-refractivity contribution in [2.75, 3.05) is 26.2 Å². The van der Waals surface area contributed by atoms with E-state index < -0.39 is 0 Å². The van der Waals surface area contributed by atoms with Gasteiger partial charge in [0.1, 0.15) is 0 Å². The first-order valence-corrected chi connectivity index (χ1v) is 12.0. The standard InChI is InChI=1S/C29H39NO/c1-4-30(5-2)21-22-31-28-19-17-27(18-20-28)29(26-15-11-8-12-16-26)23-24(3)25-13-9-6-7-10-14-25/h6,8-11,13-15,17-19,23-24,28H,4-5,7,12,16,20-22H2,1-3H3/b29-23-/t24?,28-/m0/s1. The van der Waals surface area contributed by atoms with E-state index in [4.69, 9.17) is 4.74 Å². The van der Waals surface area contributed by atoms with Crippen LogP contribution >= 0.6 is 0 Å². The number of hydrogen-bond acceptors (Lipinski definition) is 2. The molecule has 2 heteroatoms. The molecule has 0 aromatic carbocycles. The molecule has 0 heterocycles. The summed E-state index contributed by atoms with van der Waals surface area (Å²) in [5, 5.41) is 0. The Morgan fingerprint density at radius 3 is 2.68 bits per heavy atom. The fourth-order valence-corrected chi connectivity index (χ4v) is 4.26. The number of rotatable bonds is 10.